The number of hydrogen-bond donors (Lipinski definition) is 0. The molecule has 0 saturated heterocycles. The van der Waals surface area contributed by atoms with E-state index in [0.29, 0.717) is 5.92 Å². The van der Waals surface area contributed by atoms with E-state index in [4.69, 9.17) is 4.99 Å². The lowest BCUT2D eigenvalue weighted by atomic mass is 9.86. The zero-order valence-corrected chi connectivity index (χ0v) is 14.9. The summed E-state index contributed by atoms with van der Waals surface area (Å²) in [5, 5.41) is 0. The summed E-state index contributed by atoms with van der Waals surface area (Å²) in [4.78, 5) is 4.89. The second-order valence-electron chi connectivity index (χ2n) is 7.17. The zero-order chi connectivity index (χ0) is 15.3. The Morgan fingerprint density at radius 2 is 1.67 bits per heavy atom. The Labute approximate surface area is 130 Å². The van der Waals surface area contributed by atoms with Crippen LogP contribution in [0.1, 0.15) is 37.7 Å². The molecule has 0 aliphatic heterocycles. The van der Waals surface area contributed by atoms with Crippen LogP contribution in [0.3, 0.4) is 0 Å². The second-order valence-corrected chi connectivity index (χ2v) is 11.9. The Balaban J connectivity index is 2.29. The smallest absolute Gasteiger partial charge is 0.129 e. The van der Waals surface area contributed by atoms with Crippen molar-refractivity contribution >= 4 is 19.5 Å². The normalized spacial score (nSPS) is 17.2. The van der Waals surface area contributed by atoms with Gasteiger partial charge in [0.15, 0.2) is 0 Å². The molecule has 21 heavy (non-hydrogen) atoms. The number of rotatable bonds is 2. The second kappa shape index (κ2) is 7.09. The minimum absolute atomic E-state index is 0.573. The van der Waals surface area contributed by atoms with Gasteiger partial charge in [-0.1, -0.05) is 62.5 Å². The fourth-order valence-electron chi connectivity index (χ4n) is 2.61. The lowest BCUT2D eigenvalue weighted by Gasteiger charge is -2.21. The minimum atomic E-state index is -1.35. The average molecular weight is 298 g/mol. The van der Waals surface area contributed by atoms with E-state index in [-0.39, 0.29) is 0 Å². The number of nitrogens with zero attached hydrogens (tertiary/aromatic N) is 1. The molecule has 1 aromatic rings. The lowest BCUT2D eigenvalue weighted by Crippen LogP contribution is -2.20. The van der Waals surface area contributed by atoms with Gasteiger partial charge in [0.2, 0.25) is 0 Å². The Kier molecular flexibility index (Phi) is 5.42. The number of hydrogen-bond acceptors (Lipinski definition) is 1. The molecule has 1 aliphatic rings. The Morgan fingerprint density at radius 3 is 2.24 bits per heavy atom. The Morgan fingerprint density at radius 1 is 1.05 bits per heavy atom. The molecule has 0 amide bonds. The van der Waals surface area contributed by atoms with Crippen molar-refractivity contribution in [1.29, 1.82) is 0 Å². The summed E-state index contributed by atoms with van der Waals surface area (Å²) < 4.78 is 0. The Bertz CT molecular complexity index is 546. The van der Waals surface area contributed by atoms with Gasteiger partial charge in [-0.25, -0.2) is 4.99 Å². The third-order valence-electron chi connectivity index (χ3n) is 3.84. The fourth-order valence-corrected chi connectivity index (χ4v) is 3.11. The van der Waals surface area contributed by atoms with Crippen LogP contribution >= 0.6 is 0 Å². The highest BCUT2D eigenvalue weighted by Gasteiger charge is 2.19. The minimum Gasteiger partial charge on any atom is -0.244 e. The topological polar surface area (TPSA) is 12.4 Å². The molecular formula is C19H27NSi. The molecule has 2 heteroatoms. The van der Waals surface area contributed by atoms with Gasteiger partial charge in [0.1, 0.15) is 8.07 Å². The molecular weight excluding hydrogens is 270 g/mol. The van der Waals surface area contributed by atoms with Crippen molar-refractivity contribution in [2.45, 2.75) is 58.7 Å². The molecule has 0 radical (unpaired) electrons. The molecule has 0 bridgehead atoms. The first kappa shape index (κ1) is 16.0. The van der Waals surface area contributed by atoms with E-state index in [2.05, 4.69) is 62.3 Å². The number of benzene rings is 1. The highest BCUT2D eigenvalue weighted by atomic mass is 28.3. The van der Waals surface area contributed by atoms with Gasteiger partial charge in [-0.15, -0.1) is 5.54 Å². The first-order valence-corrected chi connectivity index (χ1v) is 11.6. The molecule has 2 rings (SSSR count). The molecule has 1 saturated carbocycles. The van der Waals surface area contributed by atoms with E-state index in [0.717, 1.165) is 11.4 Å². The van der Waals surface area contributed by atoms with Crippen LogP contribution in [0.2, 0.25) is 19.6 Å². The summed E-state index contributed by atoms with van der Waals surface area (Å²) in [5.41, 5.74) is 6.96. The van der Waals surface area contributed by atoms with Crippen molar-refractivity contribution in [3.8, 4) is 11.5 Å². The van der Waals surface area contributed by atoms with E-state index in [1.54, 1.807) is 0 Å². The summed E-state index contributed by atoms with van der Waals surface area (Å²) >= 11 is 0. The molecule has 0 spiro atoms. The van der Waals surface area contributed by atoms with Crippen LogP contribution in [0.5, 0.6) is 0 Å². The first-order valence-electron chi connectivity index (χ1n) is 8.12. The summed E-state index contributed by atoms with van der Waals surface area (Å²) in [7, 11) is -1.35. The SMILES string of the molecule is Cc1ccc(N=C(C#C[Si](C)(C)C)C2CCCCC2)cc1. The van der Waals surface area contributed by atoms with Crippen LogP contribution in [-0.4, -0.2) is 13.8 Å². The van der Waals surface area contributed by atoms with Crippen molar-refractivity contribution in [3.63, 3.8) is 0 Å². The van der Waals surface area contributed by atoms with Crippen molar-refractivity contribution in [1.82, 2.24) is 0 Å². The predicted octanol–water partition coefficient (Wildman–Crippen LogP) is 5.53. The van der Waals surface area contributed by atoms with E-state index in [1.807, 2.05) is 0 Å². The van der Waals surface area contributed by atoms with Gasteiger partial charge >= 0.3 is 0 Å². The van der Waals surface area contributed by atoms with Gasteiger partial charge in [-0.3, -0.25) is 0 Å². The van der Waals surface area contributed by atoms with Crippen LogP contribution in [0.25, 0.3) is 0 Å². The molecule has 0 aromatic heterocycles. The van der Waals surface area contributed by atoms with Crippen LogP contribution in [-0.2, 0) is 0 Å². The average Bonchev–Trinajstić information content (AvgIpc) is 2.45. The molecule has 1 nitrogen and oxygen atoms in total. The Hall–Kier alpha value is -1.33. The third-order valence-corrected chi connectivity index (χ3v) is 4.72. The lowest BCUT2D eigenvalue weighted by molar-refractivity contribution is 0.441. The van der Waals surface area contributed by atoms with Gasteiger partial charge in [0.25, 0.3) is 0 Å². The molecule has 1 fully saturated rings. The highest BCUT2D eigenvalue weighted by Crippen LogP contribution is 2.26. The van der Waals surface area contributed by atoms with Crippen LogP contribution in [0.15, 0.2) is 29.3 Å². The molecule has 0 unspecified atom stereocenters. The quantitative estimate of drug-likeness (QED) is 0.387. The first-order chi connectivity index (χ1) is 9.94. The van der Waals surface area contributed by atoms with Crippen molar-refractivity contribution < 1.29 is 0 Å². The van der Waals surface area contributed by atoms with Crippen molar-refractivity contribution in [2.24, 2.45) is 10.9 Å². The standard InChI is InChI=1S/C19H27NSi/c1-16-10-12-18(13-11-16)20-19(14-15-21(2,3)4)17-8-6-5-7-9-17/h10-13,17H,5-9H2,1-4H3. The fraction of sp³-hybridized carbons (Fsp3) is 0.526. The number of aryl methyl sites for hydroxylation is 1. The zero-order valence-electron chi connectivity index (χ0n) is 13.9. The van der Waals surface area contributed by atoms with Crippen molar-refractivity contribution in [2.75, 3.05) is 0 Å². The molecule has 0 atom stereocenters. The van der Waals surface area contributed by atoms with Gasteiger partial charge in [-0.2, -0.15) is 0 Å². The van der Waals surface area contributed by atoms with Crippen LogP contribution in [0, 0.1) is 24.3 Å². The highest BCUT2D eigenvalue weighted by molar-refractivity contribution is 6.84. The largest absolute Gasteiger partial charge is 0.244 e. The molecule has 112 valence electrons. The third kappa shape index (κ3) is 5.51. The van der Waals surface area contributed by atoms with Gasteiger partial charge in [-0.05, 0) is 31.9 Å². The van der Waals surface area contributed by atoms with E-state index in [9.17, 15) is 0 Å². The maximum atomic E-state index is 4.89. The molecule has 0 heterocycles. The van der Waals surface area contributed by atoms with Crippen LogP contribution < -0.4 is 0 Å². The molecule has 1 aliphatic carbocycles. The summed E-state index contributed by atoms with van der Waals surface area (Å²) in [5.74, 6) is 4.03. The van der Waals surface area contributed by atoms with Gasteiger partial charge < -0.3 is 0 Å². The van der Waals surface area contributed by atoms with Crippen LogP contribution in [0.4, 0.5) is 5.69 Å². The van der Waals surface area contributed by atoms with Crippen molar-refractivity contribution in [3.05, 3.63) is 29.8 Å². The number of aliphatic imine (C=N–C) groups is 1. The molecule has 1 aromatic carbocycles. The van der Waals surface area contributed by atoms with E-state index in [1.165, 1.54) is 37.7 Å². The van der Waals surface area contributed by atoms with E-state index < -0.39 is 8.07 Å². The summed E-state index contributed by atoms with van der Waals surface area (Å²) in [6.45, 7) is 9.00. The van der Waals surface area contributed by atoms with Gasteiger partial charge in [0.05, 0.1) is 11.4 Å². The molecule has 0 N–H and O–H groups in total. The van der Waals surface area contributed by atoms with E-state index >= 15 is 0 Å². The predicted molar refractivity (Wildman–Crippen MR) is 96.0 cm³/mol. The van der Waals surface area contributed by atoms with Gasteiger partial charge in [0, 0.05) is 5.92 Å². The summed E-state index contributed by atoms with van der Waals surface area (Å²) in [6.07, 6.45) is 6.53. The summed E-state index contributed by atoms with van der Waals surface area (Å²) in [6, 6.07) is 8.47. The maximum Gasteiger partial charge on any atom is 0.129 e. The monoisotopic (exact) mass is 297 g/mol. The maximum absolute atomic E-state index is 4.89.